The van der Waals surface area contributed by atoms with Crippen molar-refractivity contribution >= 4 is 29.1 Å². The maximum Gasteiger partial charge on any atom is 0.251 e. The van der Waals surface area contributed by atoms with Gasteiger partial charge in [0.25, 0.3) is 5.91 Å². The third-order valence-corrected chi connectivity index (χ3v) is 4.29. The zero-order valence-corrected chi connectivity index (χ0v) is 13.6. The summed E-state index contributed by atoms with van der Waals surface area (Å²) in [6, 6.07) is 11.1. The van der Waals surface area contributed by atoms with Gasteiger partial charge in [0.15, 0.2) is 0 Å². The Labute approximate surface area is 144 Å². The Balaban J connectivity index is 1.75. The first-order chi connectivity index (χ1) is 11.6. The number of amides is 2. The fraction of sp³-hybridized carbons (Fsp3) is 0.222. The molecule has 1 fully saturated rings. The summed E-state index contributed by atoms with van der Waals surface area (Å²) >= 11 is 6.16. The number of halogens is 2. The van der Waals surface area contributed by atoms with Crippen LogP contribution in [0.3, 0.4) is 0 Å². The van der Waals surface area contributed by atoms with Crippen LogP contribution in [0.5, 0.6) is 0 Å². The average Bonchev–Trinajstić information content (AvgIpc) is 3.00. The fourth-order valence-corrected chi connectivity index (χ4v) is 2.90. The van der Waals surface area contributed by atoms with Crippen LogP contribution >= 0.6 is 11.6 Å². The largest absolute Gasteiger partial charge is 0.348 e. The van der Waals surface area contributed by atoms with E-state index in [0.717, 1.165) is 6.42 Å². The first-order valence-electron chi connectivity index (χ1n) is 7.68. The number of hydrogen-bond acceptors (Lipinski definition) is 2. The lowest BCUT2D eigenvalue weighted by atomic mass is 10.1. The lowest BCUT2D eigenvalue weighted by Crippen LogP contribution is -2.26. The van der Waals surface area contributed by atoms with Crippen LogP contribution in [0.25, 0.3) is 0 Å². The van der Waals surface area contributed by atoms with E-state index in [1.165, 1.54) is 6.07 Å². The number of carbonyl (C=O) groups is 2. The lowest BCUT2D eigenvalue weighted by Gasteiger charge is -2.18. The number of benzene rings is 2. The SMILES string of the molecule is O=C(NCc1ccccc1F)c1ccc(Cl)c(N2CCCC2=O)c1. The Bertz CT molecular complexity index is 794. The van der Waals surface area contributed by atoms with Gasteiger partial charge in [0, 0.05) is 30.6 Å². The summed E-state index contributed by atoms with van der Waals surface area (Å²) in [6.45, 7) is 0.685. The Morgan fingerprint density at radius 2 is 2.04 bits per heavy atom. The van der Waals surface area contributed by atoms with E-state index in [2.05, 4.69) is 5.32 Å². The maximum atomic E-state index is 13.6. The Morgan fingerprint density at radius 3 is 2.75 bits per heavy atom. The second kappa shape index (κ2) is 7.01. The third-order valence-electron chi connectivity index (χ3n) is 3.97. The first-order valence-corrected chi connectivity index (χ1v) is 8.05. The fourth-order valence-electron chi connectivity index (χ4n) is 2.68. The van der Waals surface area contributed by atoms with Gasteiger partial charge in [-0.1, -0.05) is 29.8 Å². The molecule has 2 amide bonds. The highest BCUT2D eigenvalue weighted by atomic mass is 35.5. The molecule has 2 aromatic carbocycles. The highest BCUT2D eigenvalue weighted by Crippen LogP contribution is 2.30. The van der Waals surface area contributed by atoms with E-state index in [9.17, 15) is 14.0 Å². The third kappa shape index (κ3) is 3.41. The molecule has 124 valence electrons. The minimum atomic E-state index is -0.364. The molecule has 0 spiro atoms. The van der Waals surface area contributed by atoms with E-state index >= 15 is 0 Å². The molecule has 24 heavy (non-hydrogen) atoms. The standard InChI is InChI=1S/C18H16ClFN2O2/c19-14-8-7-12(10-16(14)22-9-3-6-17(22)23)18(24)21-11-13-4-1-2-5-15(13)20/h1-2,4-5,7-8,10H,3,6,9,11H2,(H,21,24). The molecule has 0 radical (unpaired) electrons. The van der Waals surface area contributed by atoms with Crippen LogP contribution in [0.2, 0.25) is 5.02 Å². The van der Waals surface area contributed by atoms with Crippen LogP contribution in [0, 0.1) is 5.82 Å². The number of nitrogens with one attached hydrogen (secondary N) is 1. The normalized spacial score (nSPS) is 14.1. The summed E-state index contributed by atoms with van der Waals surface area (Å²) in [4.78, 5) is 25.8. The van der Waals surface area contributed by atoms with Gasteiger partial charge in [-0.25, -0.2) is 4.39 Å². The van der Waals surface area contributed by atoms with Crippen molar-refractivity contribution in [2.45, 2.75) is 19.4 Å². The molecule has 6 heteroatoms. The van der Waals surface area contributed by atoms with E-state index in [4.69, 9.17) is 11.6 Å². The first kappa shape index (κ1) is 16.5. The summed E-state index contributed by atoms with van der Waals surface area (Å²) in [5.74, 6) is -0.708. The summed E-state index contributed by atoms with van der Waals surface area (Å²) in [7, 11) is 0. The summed E-state index contributed by atoms with van der Waals surface area (Å²) in [5.41, 5.74) is 1.33. The summed E-state index contributed by atoms with van der Waals surface area (Å²) in [6.07, 6.45) is 1.26. The molecule has 1 saturated heterocycles. The zero-order chi connectivity index (χ0) is 17.1. The minimum Gasteiger partial charge on any atom is -0.348 e. The van der Waals surface area contributed by atoms with Gasteiger partial charge in [-0.3, -0.25) is 9.59 Å². The lowest BCUT2D eigenvalue weighted by molar-refractivity contribution is -0.117. The van der Waals surface area contributed by atoms with Gasteiger partial charge in [0.1, 0.15) is 5.82 Å². The predicted molar refractivity (Wildman–Crippen MR) is 90.6 cm³/mol. The molecule has 3 rings (SSSR count). The number of anilines is 1. The highest BCUT2D eigenvalue weighted by molar-refractivity contribution is 6.34. The van der Waals surface area contributed by atoms with Gasteiger partial charge >= 0.3 is 0 Å². The molecular formula is C18H16ClFN2O2. The van der Waals surface area contributed by atoms with Gasteiger partial charge in [-0.15, -0.1) is 0 Å². The molecule has 1 aliphatic heterocycles. The van der Waals surface area contributed by atoms with Crippen molar-refractivity contribution in [1.82, 2.24) is 5.32 Å². The molecule has 4 nitrogen and oxygen atoms in total. The number of rotatable bonds is 4. The monoisotopic (exact) mass is 346 g/mol. The van der Waals surface area contributed by atoms with Crippen molar-refractivity contribution in [3.05, 3.63) is 64.4 Å². The van der Waals surface area contributed by atoms with Gasteiger partial charge in [-0.2, -0.15) is 0 Å². The molecule has 1 heterocycles. The minimum absolute atomic E-state index is 0.000754. The molecule has 0 saturated carbocycles. The van der Waals surface area contributed by atoms with Crippen molar-refractivity contribution in [2.75, 3.05) is 11.4 Å². The molecular weight excluding hydrogens is 331 g/mol. The maximum absolute atomic E-state index is 13.6. The van der Waals surface area contributed by atoms with Crippen LogP contribution in [0.1, 0.15) is 28.8 Å². The number of hydrogen-bond donors (Lipinski definition) is 1. The van der Waals surface area contributed by atoms with E-state index in [1.807, 2.05) is 0 Å². The van der Waals surface area contributed by atoms with Crippen molar-refractivity contribution in [3.8, 4) is 0 Å². The molecule has 0 atom stereocenters. The van der Waals surface area contributed by atoms with Crippen LogP contribution < -0.4 is 10.2 Å². The Morgan fingerprint density at radius 1 is 1.25 bits per heavy atom. The van der Waals surface area contributed by atoms with Crippen molar-refractivity contribution in [1.29, 1.82) is 0 Å². The average molecular weight is 347 g/mol. The van der Waals surface area contributed by atoms with Gasteiger partial charge < -0.3 is 10.2 Å². The van der Waals surface area contributed by atoms with Gasteiger partial charge in [0.05, 0.1) is 10.7 Å². The van der Waals surface area contributed by atoms with Crippen LogP contribution in [0.15, 0.2) is 42.5 Å². The molecule has 1 N–H and O–H groups in total. The number of nitrogens with zero attached hydrogens (tertiary/aromatic N) is 1. The zero-order valence-electron chi connectivity index (χ0n) is 12.9. The van der Waals surface area contributed by atoms with Crippen molar-refractivity contribution in [3.63, 3.8) is 0 Å². The second-order valence-electron chi connectivity index (χ2n) is 5.59. The smallest absolute Gasteiger partial charge is 0.251 e. The quantitative estimate of drug-likeness (QED) is 0.920. The second-order valence-corrected chi connectivity index (χ2v) is 6.00. The van der Waals surface area contributed by atoms with E-state index < -0.39 is 0 Å². The van der Waals surface area contributed by atoms with Gasteiger partial charge in [0.2, 0.25) is 5.91 Å². The molecule has 2 aromatic rings. The Hall–Kier alpha value is -2.40. The predicted octanol–water partition coefficient (Wildman–Crippen LogP) is 3.54. The van der Waals surface area contributed by atoms with E-state index in [1.54, 1.807) is 41.3 Å². The number of carbonyl (C=O) groups excluding carboxylic acids is 2. The summed E-state index contributed by atoms with van der Waals surface area (Å²) in [5, 5.41) is 3.11. The molecule has 0 aliphatic carbocycles. The molecule has 0 bridgehead atoms. The molecule has 0 aromatic heterocycles. The van der Waals surface area contributed by atoms with E-state index in [-0.39, 0.29) is 24.2 Å². The van der Waals surface area contributed by atoms with Gasteiger partial charge in [-0.05, 0) is 30.7 Å². The Kier molecular flexibility index (Phi) is 4.81. The van der Waals surface area contributed by atoms with Crippen LogP contribution in [0.4, 0.5) is 10.1 Å². The topological polar surface area (TPSA) is 49.4 Å². The van der Waals surface area contributed by atoms with Crippen molar-refractivity contribution in [2.24, 2.45) is 0 Å². The summed E-state index contributed by atoms with van der Waals surface area (Å²) < 4.78 is 13.6. The van der Waals surface area contributed by atoms with Crippen LogP contribution in [-0.4, -0.2) is 18.4 Å². The van der Waals surface area contributed by atoms with Crippen LogP contribution in [-0.2, 0) is 11.3 Å². The van der Waals surface area contributed by atoms with E-state index in [0.29, 0.717) is 34.8 Å². The molecule has 0 unspecified atom stereocenters. The highest BCUT2D eigenvalue weighted by Gasteiger charge is 2.24. The molecule has 1 aliphatic rings. The van der Waals surface area contributed by atoms with Crippen molar-refractivity contribution < 1.29 is 14.0 Å².